The highest BCUT2D eigenvalue weighted by molar-refractivity contribution is 5.66. The van der Waals surface area contributed by atoms with E-state index in [1.807, 2.05) is 0 Å². The highest BCUT2D eigenvalue weighted by Crippen LogP contribution is 1.95. The average molecular weight is 174 g/mol. The summed E-state index contributed by atoms with van der Waals surface area (Å²) in [7, 11) is 1.52. The molecule has 0 aromatic rings. The van der Waals surface area contributed by atoms with Crippen LogP contribution < -0.4 is 0 Å². The Balaban J connectivity index is 3.53. The molecule has 0 aliphatic rings. The molecule has 0 saturated heterocycles. The van der Waals surface area contributed by atoms with Crippen molar-refractivity contribution in [3.63, 3.8) is 0 Å². The molecule has 1 atom stereocenters. The van der Waals surface area contributed by atoms with Gasteiger partial charge < -0.3 is 14.2 Å². The third kappa shape index (κ3) is 5.88. The first kappa shape index (κ1) is 11.1. The summed E-state index contributed by atoms with van der Waals surface area (Å²) in [6.07, 6.45) is 1.12. The first-order valence-electron chi connectivity index (χ1n) is 3.57. The molecular weight excluding hydrogens is 160 g/mol. The molecule has 1 unspecified atom stereocenters. The molecule has 0 aliphatic heterocycles. The quantitative estimate of drug-likeness (QED) is 0.257. The van der Waals surface area contributed by atoms with Gasteiger partial charge in [0.05, 0.1) is 6.61 Å². The highest BCUT2D eigenvalue weighted by Gasteiger charge is 2.06. The predicted molar refractivity (Wildman–Crippen MR) is 43.6 cm³/mol. The molecule has 0 aromatic carbocycles. The van der Waals surface area contributed by atoms with Crippen LogP contribution in [0.15, 0.2) is 12.7 Å². The van der Waals surface area contributed by atoms with Gasteiger partial charge in [-0.3, -0.25) is 4.79 Å². The molecule has 0 amide bonds. The maximum Gasteiger partial charge on any atom is 0.303 e. The standard InChI is InChI=1S/C8H14O4/c1-4-8(12-7(2)9)5-11-6-10-3/h4,8H,1,5-6H2,2-3H3. The van der Waals surface area contributed by atoms with Gasteiger partial charge in [-0.25, -0.2) is 0 Å². The third-order valence-corrected chi connectivity index (χ3v) is 1.06. The monoisotopic (exact) mass is 174 g/mol. The van der Waals surface area contributed by atoms with Crippen molar-refractivity contribution in [2.45, 2.75) is 13.0 Å². The zero-order chi connectivity index (χ0) is 9.40. The SMILES string of the molecule is C=CC(COCOC)OC(C)=O. The van der Waals surface area contributed by atoms with Crippen LogP contribution in [0.5, 0.6) is 0 Å². The first-order valence-corrected chi connectivity index (χ1v) is 3.57. The lowest BCUT2D eigenvalue weighted by Crippen LogP contribution is -2.20. The van der Waals surface area contributed by atoms with Crippen molar-refractivity contribution in [3.8, 4) is 0 Å². The Morgan fingerprint density at radius 1 is 1.67 bits per heavy atom. The molecule has 12 heavy (non-hydrogen) atoms. The van der Waals surface area contributed by atoms with Gasteiger partial charge in [0.25, 0.3) is 0 Å². The van der Waals surface area contributed by atoms with Gasteiger partial charge in [-0.2, -0.15) is 0 Å². The van der Waals surface area contributed by atoms with E-state index in [-0.39, 0.29) is 19.4 Å². The minimum Gasteiger partial charge on any atom is -0.456 e. The first-order chi connectivity index (χ1) is 5.70. The van der Waals surface area contributed by atoms with E-state index < -0.39 is 6.10 Å². The molecule has 0 aromatic heterocycles. The van der Waals surface area contributed by atoms with E-state index in [1.54, 1.807) is 0 Å². The molecule has 0 heterocycles. The van der Waals surface area contributed by atoms with E-state index in [0.717, 1.165) is 0 Å². The number of rotatable bonds is 6. The molecular formula is C8H14O4. The molecule has 0 aliphatic carbocycles. The van der Waals surface area contributed by atoms with Crippen LogP contribution in [-0.2, 0) is 19.0 Å². The van der Waals surface area contributed by atoms with Gasteiger partial charge in [0.1, 0.15) is 12.9 Å². The molecule has 70 valence electrons. The highest BCUT2D eigenvalue weighted by atomic mass is 16.7. The summed E-state index contributed by atoms with van der Waals surface area (Å²) in [5.41, 5.74) is 0. The van der Waals surface area contributed by atoms with E-state index in [1.165, 1.54) is 20.1 Å². The van der Waals surface area contributed by atoms with Crippen LogP contribution in [0.3, 0.4) is 0 Å². The number of hydrogen-bond donors (Lipinski definition) is 0. The van der Waals surface area contributed by atoms with E-state index in [2.05, 4.69) is 11.3 Å². The number of hydrogen-bond acceptors (Lipinski definition) is 4. The fraction of sp³-hybridized carbons (Fsp3) is 0.625. The zero-order valence-electron chi connectivity index (χ0n) is 7.41. The summed E-state index contributed by atoms with van der Waals surface area (Å²) in [4.78, 5) is 10.5. The Morgan fingerprint density at radius 3 is 2.75 bits per heavy atom. The number of carbonyl (C=O) groups is 1. The molecule has 4 heteroatoms. The van der Waals surface area contributed by atoms with Crippen LogP contribution in [-0.4, -0.2) is 32.6 Å². The van der Waals surface area contributed by atoms with Crippen molar-refractivity contribution in [1.29, 1.82) is 0 Å². The summed E-state index contributed by atoms with van der Waals surface area (Å²) >= 11 is 0. The molecule has 0 rings (SSSR count). The van der Waals surface area contributed by atoms with Gasteiger partial charge in [-0.1, -0.05) is 6.58 Å². The molecule has 0 N–H and O–H groups in total. The topological polar surface area (TPSA) is 44.8 Å². The lowest BCUT2D eigenvalue weighted by molar-refractivity contribution is -0.148. The lowest BCUT2D eigenvalue weighted by Gasteiger charge is -2.12. The van der Waals surface area contributed by atoms with E-state index in [0.29, 0.717) is 0 Å². The van der Waals surface area contributed by atoms with Gasteiger partial charge in [0, 0.05) is 14.0 Å². The Bertz CT molecular complexity index is 144. The maximum absolute atomic E-state index is 10.5. The van der Waals surface area contributed by atoms with Crippen LogP contribution in [0.4, 0.5) is 0 Å². The van der Waals surface area contributed by atoms with Crippen molar-refractivity contribution in [1.82, 2.24) is 0 Å². The minimum atomic E-state index is -0.391. The fourth-order valence-corrected chi connectivity index (χ4v) is 0.611. The summed E-state index contributed by atoms with van der Waals surface area (Å²) in [5, 5.41) is 0. The van der Waals surface area contributed by atoms with E-state index in [4.69, 9.17) is 9.47 Å². The normalized spacial score (nSPS) is 12.2. The molecule has 0 spiro atoms. The third-order valence-electron chi connectivity index (χ3n) is 1.06. The predicted octanol–water partition coefficient (Wildman–Crippen LogP) is 0.725. The van der Waals surface area contributed by atoms with Crippen molar-refractivity contribution in [3.05, 3.63) is 12.7 Å². The van der Waals surface area contributed by atoms with Crippen molar-refractivity contribution < 1.29 is 19.0 Å². The van der Waals surface area contributed by atoms with E-state index >= 15 is 0 Å². The van der Waals surface area contributed by atoms with Gasteiger partial charge in [0.15, 0.2) is 0 Å². The summed E-state index contributed by atoms with van der Waals surface area (Å²) in [5.74, 6) is -0.346. The smallest absolute Gasteiger partial charge is 0.303 e. The number of methoxy groups -OCH3 is 1. The van der Waals surface area contributed by atoms with Gasteiger partial charge in [0.2, 0.25) is 0 Å². The van der Waals surface area contributed by atoms with Crippen molar-refractivity contribution in [2.24, 2.45) is 0 Å². The number of ether oxygens (including phenoxy) is 3. The fourth-order valence-electron chi connectivity index (χ4n) is 0.611. The van der Waals surface area contributed by atoms with Crippen LogP contribution in [0.2, 0.25) is 0 Å². The van der Waals surface area contributed by atoms with Crippen LogP contribution in [0.1, 0.15) is 6.92 Å². The zero-order valence-corrected chi connectivity index (χ0v) is 7.41. The number of carbonyl (C=O) groups excluding carboxylic acids is 1. The van der Waals surface area contributed by atoms with Gasteiger partial charge in [-0.05, 0) is 6.08 Å². The lowest BCUT2D eigenvalue weighted by atomic mass is 10.4. The largest absolute Gasteiger partial charge is 0.456 e. The van der Waals surface area contributed by atoms with Crippen LogP contribution in [0, 0.1) is 0 Å². The van der Waals surface area contributed by atoms with E-state index in [9.17, 15) is 4.79 Å². The molecule has 0 fully saturated rings. The summed E-state index contributed by atoms with van der Waals surface area (Å²) in [6, 6.07) is 0. The molecule has 0 radical (unpaired) electrons. The number of esters is 1. The van der Waals surface area contributed by atoms with Crippen molar-refractivity contribution >= 4 is 5.97 Å². The van der Waals surface area contributed by atoms with Crippen LogP contribution >= 0.6 is 0 Å². The Morgan fingerprint density at radius 2 is 2.33 bits per heavy atom. The minimum absolute atomic E-state index is 0.186. The maximum atomic E-state index is 10.5. The molecule has 0 saturated carbocycles. The Kier molecular flexibility index (Phi) is 6.32. The molecule has 0 bridgehead atoms. The molecule has 4 nitrogen and oxygen atoms in total. The second-order valence-corrected chi connectivity index (χ2v) is 2.16. The van der Waals surface area contributed by atoms with Gasteiger partial charge in [-0.15, -0.1) is 0 Å². The summed E-state index contributed by atoms with van der Waals surface area (Å²) < 4.78 is 14.4. The second-order valence-electron chi connectivity index (χ2n) is 2.16. The van der Waals surface area contributed by atoms with Crippen molar-refractivity contribution in [2.75, 3.05) is 20.5 Å². The van der Waals surface area contributed by atoms with Gasteiger partial charge >= 0.3 is 5.97 Å². The van der Waals surface area contributed by atoms with Crippen LogP contribution in [0.25, 0.3) is 0 Å². The average Bonchev–Trinajstić information content (AvgIpc) is 2.02. The second kappa shape index (κ2) is 6.82. The Labute approximate surface area is 72.1 Å². The summed E-state index contributed by atoms with van der Waals surface area (Å²) in [6.45, 7) is 5.30. The Hall–Kier alpha value is -0.870.